The van der Waals surface area contributed by atoms with Gasteiger partial charge in [-0.1, -0.05) is 61.0 Å². The van der Waals surface area contributed by atoms with E-state index in [0.29, 0.717) is 18.8 Å². The maximum Gasteiger partial charge on any atom is 0.519 e. The van der Waals surface area contributed by atoms with Crippen molar-refractivity contribution < 1.29 is 29.0 Å². The highest BCUT2D eigenvalue weighted by Gasteiger charge is 2.33. The fourth-order valence-electron chi connectivity index (χ4n) is 4.70. The Labute approximate surface area is 236 Å². The number of hydrogen-bond acceptors (Lipinski definition) is 10. The summed E-state index contributed by atoms with van der Waals surface area (Å²) in [7, 11) is 0. The second-order valence-corrected chi connectivity index (χ2v) is 10.2. The first kappa shape index (κ1) is 28.0. The second kappa shape index (κ2) is 11.5. The Balaban J connectivity index is 1.47. The van der Waals surface area contributed by atoms with Gasteiger partial charge in [-0.15, -0.1) is 5.53 Å². The SMILES string of the molecule is CCCc1nc(C(C)(C)O)c(C(=O)OCc2oc(=O)oc2C)n1Cc1ccc(-c2ccccc2C2=N[NH2+]NN2)cc1. The minimum Gasteiger partial charge on any atom is -0.453 e. The van der Waals surface area contributed by atoms with Crippen LogP contribution in [0.4, 0.5) is 0 Å². The number of aryl methyl sites for hydroxylation is 2. The summed E-state index contributed by atoms with van der Waals surface area (Å²) in [6.45, 7) is 6.76. The second-order valence-electron chi connectivity index (χ2n) is 10.2. The molecular weight excluding hydrogens is 528 g/mol. The lowest BCUT2D eigenvalue weighted by Gasteiger charge is -2.18. The van der Waals surface area contributed by atoms with Gasteiger partial charge in [0.25, 0.3) is 0 Å². The normalized spacial score (nSPS) is 13.2. The van der Waals surface area contributed by atoms with E-state index in [1.165, 1.54) is 0 Å². The number of carbonyl (C=O) groups is 1. The number of aromatic nitrogens is 2. The largest absolute Gasteiger partial charge is 0.519 e. The van der Waals surface area contributed by atoms with Crippen LogP contribution in [0.1, 0.15) is 71.8 Å². The number of nitrogens with one attached hydrogen (secondary N) is 2. The monoisotopic (exact) mass is 561 g/mol. The summed E-state index contributed by atoms with van der Waals surface area (Å²) in [6, 6.07) is 16.0. The lowest BCUT2D eigenvalue weighted by molar-refractivity contribution is -0.713. The third-order valence-corrected chi connectivity index (χ3v) is 6.70. The van der Waals surface area contributed by atoms with Crippen molar-refractivity contribution >= 4 is 11.8 Å². The zero-order valence-electron chi connectivity index (χ0n) is 23.4. The van der Waals surface area contributed by atoms with Crippen LogP contribution in [0.5, 0.6) is 0 Å². The number of ether oxygens (including phenoxy) is 1. The van der Waals surface area contributed by atoms with Crippen LogP contribution in [-0.2, 0) is 29.9 Å². The summed E-state index contributed by atoms with van der Waals surface area (Å²) < 4.78 is 17.1. The number of esters is 1. The highest BCUT2D eigenvalue weighted by Crippen LogP contribution is 2.29. The number of imidazole rings is 1. The Hall–Kier alpha value is -4.52. The molecule has 0 bridgehead atoms. The van der Waals surface area contributed by atoms with E-state index in [4.69, 9.17) is 13.6 Å². The fourth-order valence-corrected chi connectivity index (χ4v) is 4.70. The molecule has 1 aliphatic rings. The maximum atomic E-state index is 13.5. The van der Waals surface area contributed by atoms with Crippen LogP contribution in [0.25, 0.3) is 11.1 Å². The first-order valence-electron chi connectivity index (χ1n) is 13.3. The highest BCUT2D eigenvalue weighted by molar-refractivity contribution is 6.04. The molecule has 41 heavy (non-hydrogen) atoms. The van der Waals surface area contributed by atoms with E-state index >= 15 is 0 Å². The van der Waals surface area contributed by atoms with Crippen molar-refractivity contribution in [2.24, 2.45) is 5.10 Å². The third-order valence-electron chi connectivity index (χ3n) is 6.70. The van der Waals surface area contributed by atoms with Crippen LogP contribution in [0.15, 0.2) is 67.3 Å². The molecule has 0 unspecified atom stereocenters. The minimum absolute atomic E-state index is 0.122. The number of carbonyl (C=O) groups excluding carboxylic acids is 1. The molecule has 0 aliphatic carbocycles. The smallest absolute Gasteiger partial charge is 0.453 e. The van der Waals surface area contributed by atoms with Crippen molar-refractivity contribution in [2.75, 3.05) is 0 Å². The predicted octanol–water partition coefficient (Wildman–Crippen LogP) is 2.24. The van der Waals surface area contributed by atoms with Gasteiger partial charge in [0.2, 0.25) is 5.84 Å². The van der Waals surface area contributed by atoms with Gasteiger partial charge in [-0.05, 0) is 49.0 Å². The molecule has 4 aromatic rings. The molecule has 5 rings (SSSR count). The Morgan fingerprint density at radius 2 is 1.85 bits per heavy atom. The molecule has 0 saturated heterocycles. The first-order chi connectivity index (χ1) is 19.7. The van der Waals surface area contributed by atoms with Crippen LogP contribution in [0, 0.1) is 6.92 Å². The molecule has 0 spiro atoms. The molecule has 0 amide bonds. The topological polar surface area (TPSA) is 161 Å². The summed E-state index contributed by atoms with van der Waals surface area (Å²) in [5, 5.41) is 15.3. The minimum atomic E-state index is -1.41. The number of quaternary nitrogens is 1. The summed E-state index contributed by atoms with van der Waals surface area (Å²) in [6.07, 6.45) is 1.38. The van der Waals surface area contributed by atoms with Crippen molar-refractivity contribution in [2.45, 2.75) is 59.3 Å². The summed E-state index contributed by atoms with van der Waals surface area (Å²) >= 11 is 0. The van der Waals surface area contributed by atoms with Crippen LogP contribution in [0.2, 0.25) is 0 Å². The molecule has 0 fully saturated rings. The number of rotatable bonds is 10. The third kappa shape index (κ3) is 5.99. The average molecular weight is 562 g/mol. The Morgan fingerprint density at radius 1 is 1.12 bits per heavy atom. The molecule has 12 heteroatoms. The van der Waals surface area contributed by atoms with Crippen molar-refractivity contribution in [1.82, 2.24) is 20.5 Å². The van der Waals surface area contributed by atoms with Gasteiger partial charge in [-0.3, -0.25) is 5.43 Å². The summed E-state index contributed by atoms with van der Waals surface area (Å²) in [4.78, 5) is 29.6. The summed E-state index contributed by atoms with van der Waals surface area (Å²) in [5.41, 5.74) is 10.4. The highest BCUT2D eigenvalue weighted by atomic mass is 16.6. The molecule has 214 valence electrons. The lowest BCUT2D eigenvalue weighted by Crippen LogP contribution is -2.87. The predicted molar refractivity (Wildman–Crippen MR) is 148 cm³/mol. The molecule has 2 aromatic heterocycles. The summed E-state index contributed by atoms with van der Waals surface area (Å²) in [5.74, 6) is 0.190. The van der Waals surface area contributed by atoms with Gasteiger partial charge < -0.3 is 23.2 Å². The van der Waals surface area contributed by atoms with Crippen LogP contribution in [-0.4, -0.2) is 26.5 Å². The van der Waals surface area contributed by atoms with Crippen LogP contribution in [0.3, 0.4) is 0 Å². The molecule has 5 N–H and O–H groups in total. The lowest BCUT2D eigenvalue weighted by atomic mass is 9.98. The van der Waals surface area contributed by atoms with Crippen molar-refractivity contribution in [1.29, 1.82) is 0 Å². The Morgan fingerprint density at radius 3 is 2.46 bits per heavy atom. The number of hydrazine groups is 1. The average Bonchev–Trinajstić information content (AvgIpc) is 3.67. The molecule has 1 aliphatic heterocycles. The van der Waals surface area contributed by atoms with Crippen LogP contribution < -0.4 is 22.3 Å². The van der Waals surface area contributed by atoms with E-state index in [0.717, 1.165) is 34.5 Å². The fraction of sp³-hybridized carbons (Fsp3) is 0.310. The van der Waals surface area contributed by atoms with Gasteiger partial charge in [-0.25, -0.2) is 14.6 Å². The number of hydrogen-bond donors (Lipinski definition) is 4. The van der Waals surface area contributed by atoms with Gasteiger partial charge >= 0.3 is 11.8 Å². The van der Waals surface area contributed by atoms with Gasteiger partial charge in [0.05, 0.1) is 0 Å². The number of nitrogens with zero attached hydrogens (tertiary/aromatic N) is 3. The van der Waals surface area contributed by atoms with E-state index in [1.807, 2.05) is 55.5 Å². The van der Waals surface area contributed by atoms with Gasteiger partial charge in [0, 0.05) is 18.5 Å². The van der Waals surface area contributed by atoms with E-state index in [1.54, 1.807) is 30.9 Å². The number of aliphatic hydroxyl groups is 1. The Bertz CT molecular complexity index is 1640. The van der Waals surface area contributed by atoms with Crippen molar-refractivity contribution in [3.63, 3.8) is 0 Å². The van der Waals surface area contributed by atoms with Gasteiger partial charge in [0.1, 0.15) is 17.1 Å². The number of amidine groups is 1. The number of nitrogens with two attached hydrogens (primary N) is 1. The van der Waals surface area contributed by atoms with Crippen LogP contribution >= 0.6 is 0 Å². The first-order valence-corrected chi connectivity index (χ1v) is 13.3. The van der Waals surface area contributed by atoms with E-state index in [-0.39, 0.29) is 29.5 Å². The molecule has 0 saturated carbocycles. The molecule has 0 atom stereocenters. The molecule has 3 heterocycles. The zero-order chi connectivity index (χ0) is 29.1. The van der Waals surface area contributed by atoms with E-state index < -0.39 is 17.4 Å². The number of benzene rings is 2. The van der Waals surface area contributed by atoms with E-state index in [2.05, 4.69) is 21.0 Å². The molecule has 2 aromatic carbocycles. The standard InChI is InChI=1S/C29H32N6O6/c1-5-8-23-30-25(29(3,4)38)24(27(36)39-16-22-17(2)40-28(37)41-22)35(23)15-18-11-13-19(14-12-18)20-9-6-7-10-21(20)26-31-33-34-32-26/h6-7,9-14,33-34,38H,5,8,15-16H2,1-4H3,(H,31,32)/p+1. The maximum absolute atomic E-state index is 13.5. The zero-order valence-corrected chi connectivity index (χ0v) is 23.4. The van der Waals surface area contributed by atoms with E-state index in [9.17, 15) is 14.7 Å². The van der Waals surface area contributed by atoms with Crippen molar-refractivity contribution in [3.05, 3.63) is 99.0 Å². The Kier molecular flexibility index (Phi) is 7.88. The van der Waals surface area contributed by atoms with Gasteiger partial charge in [-0.2, -0.15) is 0 Å². The molecular formula is C29H33N6O6+. The van der Waals surface area contributed by atoms with Crippen molar-refractivity contribution in [3.8, 4) is 11.1 Å². The van der Waals surface area contributed by atoms with Gasteiger partial charge in [0.15, 0.2) is 23.8 Å². The molecule has 0 radical (unpaired) electrons. The quantitative estimate of drug-likeness (QED) is 0.168. The molecule has 12 nitrogen and oxygen atoms in total.